The Morgan fingerprint density at radius 3 is 1.88 bits per heavy atom. The molecule has 270 valence electrons. The van der Waals surface area contributed by atoms with E-state index in [9.17, 15) is 0 Å². The van der Waals surface area contributed by atoms with Crippen LogP contribution >= 0.6 is 0 Å². The Balaban J connectivity index is 0.990. The van der Waals surface area contributed by atoms with Crippen molar-refractivity contribution in [1.29, 1.82) is 0 Å². The highest BCUT2D eigenvalue weighted by Gasteiger charge is 2.20. The standard InChI is InChI=1S/C53H37N3O/c1-3-10-34(11-4-1)35-18-20-36(21-19-35)37-22-25-40(26-23-37)52-54-51(39-13-5-2-6-14-39)55-53(56-52)46-16-9-17-49-50(46)47-33-42(29-31-48(47)57-49)41-28-30-45-43(32-41)27-24-38-12-7-8-15-44(38)45/h1-7,9-14,16-27,29-33,41H,8,15,28H2. The van der Waals surface area contributed by atoms with Gasteiger partial charge in [0.05, 0.1) is 0 Å². The number of aromatic nitrogens is 3. The van der Waals surface area contributed by atoms with Crippen LogP contribution in [-0.2, 0) is 6.42 Å². The van der Waals surface area contributed by atoms with E-state index in [-0.39, 0.29) is 5.92 Å². The monoisotopic (exact) mass is 731 g/mol. The molecule has 57 heavy (non-hydrogen) atoms. The van der Waals surface area contributed by atoms with Gasteiger partial charge in [0.15, 0.2) is 17.5 Å². The van der Waals surface area contributed by atoms with Crippen molar-refractivity contribution < 1.29 is 4.42 Å². The van der Waals surface area contributed by atoms with Gasteiger partial charge in [-0.1, -0.05) is 164 Å². The zero-order valence-corrected chi connectivity index (χ0v) is 31.3. The lowest BCUT2D eigenvalue weighted by atomic mass is 9.86. The summed E-state index contributed by atoms with van der Waals surface area (Å²) in [5, 5.41) is 4.83. The fourth-order valence-electron chi connectivity index (χ4n) is 8.62. The Bertz CT molecular complexity index is 3130. The van der Waals surface area contributed by atoms with E-state index in [1.807, 2.05) is 48.5 Å². The first-order valence-electron chi connectivity index (χ1n) is 19.8. The van der Waals surface area contributed by atoms with Crippen LogP contribution in [0.1, 0.15) is 35.4 Å². The van der Waals surface area contributed by atoms with Gasteiger partial charge in [0.1, 0.15) is 11.2 Å². The fraction of sp³-hybridized carbons (Fsp3) is 0.0755. The van der Waals surface area contributed by atoms with Crippen molar-refractivity contribution in [3.05, 3.63) is 191 Å². The average molecular weight is 732 g/mol. The molecule has 0 radical (unpaired) electrons. The van der Waals surface area contributed by atoms with Crippen molar-refractivity contribution in [2.75, 3.05) is 0 Å². The molecule has 2 heterocycles. The molecule has 4 heteroatoms. The van der Waals surface area contributed by atoms with Crippen molar-refractivity contribution in [1.82, 2.24) is 15.0 Å². The Morgan fingerprint density at radius 2 is 1.16 bits per heavy atom. The van der Waals surface area contributed by atoms with E-state index in [0.29, 0.717) is 17.5 Å². The van der Waals surface area contributed by atoms with E-state index >= 15 is 0 Å². The quantitative estimate of drug-likeness (QED) is 0.171. The number of rotatable bonds is 6. The molecule has 0 spiro atoms. The van der Waals surface area contributed by atoms with Crippen LogP contribution in [0.25, 0.3) is 96.6 Å². The zero-order chi connectivity index (χ0) is 37.7. The van der Waals surface area contributed by atoms with Crippen LogP contribution < -0.4 is 10.4 Å². The molecule has 11 rings (SSSR count). The SMILES string of the molecule is C1=Cc2ccc3c(c2CC1)=CCC(c1ccc2oc4cccc(-c5nc(-c6ccccc6)nc(-c6ccc(-c7ccc(-c8ccccc8)cc7)cc6)n5)c4c2c1)C=3. The summed E-state index contributed by atoms with van der Waals surface area (Å²) in [4.78, 5) is 15.3. The fourth-order valence-corrected chi connectivity index (χ4v) is 8.62. The van der Waals surface area contributed by atoms with Crippen LogP contribution in [0.15, 0.2) is 168 Å². The van der Waals surface area contributed by atoms with Gasteiger partial charge in [0, 0.05) is 33.4 Å². The van der Waals surface area contributed by atoms with Crippen LogP contribution in [0, 0.1) is 0 Å². The topological polar surface area (TPSA) is 51.8 Å². The molecule has 0 N–H and O–H groups in total. The maximum Gasteiger partial charge on any atom is 0.164 e. The highest BCUT2D eigenvalue weighted by Crippen LogP contribution is 2.39. The predicted molar refractivity (Wildman–Crippen MR) is 234 cm³/mol. The average Bonchev–Trinajstić information content (AvgIpc) is 3.68. The molecule has 0 aliphatic heterocycles. The van der Waals surface area contributed by atoms with Gasteiger partial charge in [0.2, 0.25) is 0 Å². The highest BCUT2D eigenvalue weighted by atomic mass is 16.3. The van der Waals surface area contributed by atoms with Crippen LogP contribution in [-0.4, -0.2) is 15.0 Å². The zero-order valence-electron chi connectivity index (χ0n) is 31.3. The molecule has 0 saturated heterocycles. The second kappa shape index (κ2) is 13.8. The Morgan fingerprint density at radius 1 is 0.526 bits per heavy atom. The summed E-state index contributed by atoms with van der Waals surface area (Å²) in [7, 11) is 0. The van der Waals surface area contributed by atoms with Crippen LogP contribution in [0.5, 0.6) is 0 Å². The Labute approximate surface area is 330 Å². The minimum absolute atomic E-state index is 0.273. The van der Waals surface area contributed by atoms with Crippen LogP contribution in [0.2, 0.25) is 0 Å². The molecule has 9 aromatic rings. The van der Waals surface area contributed by atoms with Crippen molar-refractivity contribution in [2.45, 2.75) is 25.2 Å². The summed E-state index contributed by atoms with van der Waals surface area (Å²) in [6.07, 6.45) is 12.7. The van der Waals surface area contributed by atoms with E-state index in [1.54, 1.807) is 0 Å². The highest BCUT2D eigenvalue weighted by molar-refractivity contribution is 6.12. The normalized spacial score (nSPS) is 14.5. The lowest BCUT2D eigenvalue weighted by Gasteiger charge is -2.18. The maximum atomic E-state index is 6.50. The van der Waals surface area contributed by atoms with Crippen LogP contribution in [0.4, 0.5) is 0 Å². The van der Waals surface area contributed by atoms with Gasteiger partial charge in [0.25, 0.3) is 0 Å². The van der Waals surface area contributed by atoms with Crippen molar-refractivity contribution in [2.24, 2.45) is 0 Å². The number of hydrogen-bond donors (Lipinski definition) is 0. The molecule has 2 aliphatic carbocycles. The summed E-state index contributed by atoms with van der Waals surface area (Å²) in [5.41, 5.74) is 13.3. The summed E-state index contributed by atoms with van der Waals surface area (Å²) in [5.74, 6) is 2.14. The maximum absolute atomic E-state index is 6.50. The van der Waals surface area contributed by atoms with Gasteiger partial charge in [-0.25, -0.2) is 15.0 Å². The number of benzene rings is 7. The van der Waals surface area contributed by atoms with Gasteiger partial charge in [-0.3, -0.25) is 0 Å². The number of fused-ring (bicyclic) bond motifs is 6. The van der Waals surface area contributed by atoms with Crippen molar-refractivity contribution in [3.63, 3.8) is 0 Å². The summed E-state index contributed by atoms with van der Waals surface area (Å²) < 4.78 is 6.50. The van der Waals surface area contributed by atoms with Gasteiger partial charge in [-0.15, -0.1) is 0 Å². The predicted octanol–water partition coefficient (Wildman–Crippen LogP) is 11.8. The third-order valence-corrected chi connectivity index (χ3v) is 11.6. The van der Waals surface area contributed by atoms with E-state index in [0.717, 1.165) is 69.0 Å². The molecule has 0 fully saturated rings. The summed E-state index contributed by atoms with van der Waals surface area (Å²) in [6, 6.07) is 55.3. The second-order valence-electron chi connectivity index (χ2n) is 15.0. The molecule has 4 nitrogen and oxygen atoms in total. The molecule has 1 atom stereocenters. The Kier molecular flexibility index (Phi) is 8.06. The van der Waals surface area contributed by atoms with E-state index in [4.69, 9.17) is 19.4 Å². The van der Waals surface area contributed by atoms with Crippen LogP contribution in [0.3, 0.4) is 0 Å². The molecule has 1 unspecified atom stereocenters. The van der Waals surface area contributed by atoms with Crippen molar-refractivity contribution >= 4 is 40.2 Å². The van der Waals surface area contributed by atoms with Gasteiger partial charge in [-0.05, 0) is 86.8 Å². The number of hydrogen-bond acceptors (Lipinski definition) is 4. The lowest BCUT2D eigenvalue weighted by Crippen LogP contribution is -2.33. The largest absolute Gasteiger partial charge is 0.456 e. The number of allylic oxidation sites excluding steroid dienone is 1. The molecular weight excluding hydrogens is 695 g/mol. The molecule has 0 bridgehead atoms. The molecule has 7 aromatic carbocycles. The van der Waals surface area contributed by atoms with Gasteiger partial charge < -0.3 is 4.42 Å². The van der Waals surface area contributed by atoms with Crippen molar-refractivity contribution in [3.8, 4) is 56.4 Å². The first-order valence-corrected chi connectivity index (χ1v) is 19.8. The van der Waals surface area contributed by atoms with Gasteiger partial charge >= 0.3 is 0 Å². The molecule has 2 aliphatic rings. The molecule has 0 saturated carbocycles. The van der Waals surface area contributed by atoms with E-state index in [1.165, 1.54) is 38.3 Å². The Hall–Kier alpha value is -7.17. The molecular formula is C53H37N3O. The molecule has 0 amide bonds. The third-order valence-electron chi connectivity index (χ3n) is 11.6. The van der Waals surface area contributed by atoms with E-state index in [2.05, 4.69) is 133 Å². The first-order chi connectivity index (χ1) is 28.2. The third kappa shape index (κ3) is 6.07. The van der Waals surface area contributed by atoms with Gasteiger partial charge in [-0.2, -0.15) is 0 Å². The molecule has 2 aromatic heterocycles. The van der Waals surface area contributed by atoms with E-state index < -0.39 is 0 Å². The minimum Gasteiger partial charge on any atom is -0.456 e. The first kappa shape index (κ1) is 33.2. The smallest absolute Gasteiger partial charge is 0.164 e. The lowest BCUT2D eigenvalue weighted by molar-refractivity contribution is 0.668. The summed E-state index contributed by atoms with van der Waals surface area (Å²) >= 11 is 0. The minimum atomic E-state index is 0.273. The number of furan rings is 1. The summed E-state index contributed by atoms with van der Waals surface area (Å²) in [6.45, 7) is 0. The number of nitrogens with zero attached hydrogens (tertiary/aromatic N) is 3. The second-order valence-corrected chi connectivity index (χ2v) is 15.0.